The molecule has 0 N–H and O–H groups in total. The van der Waals surface area contributed by atoms with Gasteiger partial charge in [0, 0.05) is 24.5 Å². The Morgan fingerprint density at radius 2 is 2.03 bits per heavy atom. The van der Waals surface area contributed by atoms with E-state index in [1.54, 1.807) is 19.1 Å². The molecule has 2 heterocycles. The van der Waals surface area contributed by atoms with Gasteiger partial charge >= 0.3 is 12.1 Å². The lowest BCUT2D eigenvalue weighted by atomic mass is 10.1. The first-order valence-corrected chi connectivity index (χ1v) is 9.58. The van der Waals surface area contributed by atoms with Crippen LogP contribution in [0.15, 0.2) is 36.5 Å². The summed E-state index contributed by atoms with van der Waals surface area (Å²) >= 11 is 5.87. The van der Waals surface area contributed by atoms with Crippen LogP contribution < -0.4 is 9.64 Å². The summed E-state index contributed by atoms with van der Waals surface area (Å²) in [6.45, 7) is 2.97. The summed E-state index contributed by atoms with van der Waals surface area (Å²) in [6.07, 6.45) is -1.63. The van der Waals surface area contributed by atoms with E-state index in [1.165, 1.54) is 0 Å². The van der Waals surface area contributed by atoms with Gasteiger partial charge < -0.3 is 14.4 Å². The fourth-order valence-electron chi connectivity index (χ4n) is 3.27. The SMILES string of the molecule is CCOC(=O)CC1CCCN1c1ccc(Oc2ncc(C(F)(F)F)cc2Cl)cc1. The Labute approximate surface area is 171 Å². The Balaban J connectivity index is 1.68. The molecular weight excluding hydrogens is 409 g/mol. The highest BCUT2D eigenvalue weighted by molar-refractivity contribution is 6.31. The van der Waals surface area contributed by atoms with Gasteiger partial charge in [0.05, 0.1) is 18.6 Å². The molecule has 0 bridgehead atoms. The van der Waals surface area contributed by atoms with Crippen LogP contribution in [0.25, 0.3) is 0 Å². The van der Waals surface area contributed by atoms with Crippen LogP contribution in [0.1, 0.15) is 31.7 Å². The summed E-state index contributed by atoms with van der Waals surface area (Å²) in [5, 5.41) is -0.224. The average molecular weight is 429 g/mol. The molecule has 0 spiro atoms. The molecule has 1 aromatic carbocycles. The minimum atomic E-state index is -4.52. The number of carbonyl (C=O) groups is 1. The number of pyridine rings is 1. The molecule has 3 rings (SSSR count). The number of benzene rings is 1. The van der Waals surface area contributed by atoms with Crippen LogP contribution in [0.4, 0.5) is 18.9 Å². The average Bonchev–Trinajstić information content (AvgIpc) is 3.11. The van der Waals surface area contributed by atoms with E-state index >= 15 is 0 Å². The molecule has 29 heavy (non-hydrogen) atoms. The fourth-order valence-corrected chi connectivity index (χ4v) is 3.48. The lowest BCUT2D eigenvalue weighted by Crippen LogP contribution is -2.31. The van der Waals surface area contributed by atoms with Crippen molar-refractivity contribution >= 4 is 23.3 Å². The number of hydrogen-bond acceptors (Lipinski definition) is 5. The van der Waals surface area contributed by atoms with Gasteiger partial charge in [-0.15, -0.1) is 0 Å². The number of alkyl halides is 3. The lowest BCUT2D eigenvalue weighted by molar-refractivity contribution is -0.143. The van der Waals surface area contributed by atoms with Crippen LogP contribution in [-0.4, -0.2) is 30.1 Å². The molecule has 1 saturated heterocycles. The van der Waals surface area contributed by atoms with Crippen LogP contribution in [0.5, 0.6) is 11.6 Å². The first-order valence-electron chi connectivity index (χ1n) is 9.21. The molecule has 1 aliphatic rings. The maximum atomic E-state index is 12.7. The van der Waals surface area contributed by atoms with Crippen molar-refractivity contribution in [2.75, 3.05) is 18.1 Å². The largest absolute Gasteiger partial charge is 0.466 e. The smallest absolute Gasteiger partial charge is 0.417 e. The molecule has 0 amide bonds. The van der Waals surface area contributed by atoms with Gasteiger partial charge in [-0.05, 0) is 50.1 Å². The summed E-state index contributed by atoms with van der Waals surface area (Å²) in [7, 11) is 0. The van der Waals surface area contributed by atoms with E-state index in [1.807, 2.05) is 12.1 Å². The lowest BCUT2D eigenvalue weighted by Gasteiger charge is -2.26. The molecule has 2 aromatic rings. The summed E-state index contributed by atoms with van der Waals surface area (Å²) in [5.41, 5.74) is -0.0116. The van der Waals surface area contributed by atoms with Crippen molar-refractivity contribution in [3.63, 3.8) is 0 Å². The van der Waals surface area contributed by atoms with Crippen molar-refractivity contribution in [3.8, 4) is 11.6 Å². The minimum Gasteiger partial charge on any atom is -0.466 e. The Kier molecular flexibility index (Phi) is 6.52. The summed E-state index contributed by atoms with van der Waals surface area (Å²) in [5.74, 6) is 0.0743. The summed E-state index contributed by atoms with van der Waals surface area (Å²) in [4.78, 5) is 17.6. The van der Waals surface area contributed by atoms with Crippen LogP contribution in [0.3, 0.4) is 0 Å². The molecule has 5 nitrogen and oxygen atoms in total. The van der Waals surface area contributed by atoms with E-state index in [4.69, 9.17) is 21.1 Å². The molecule has 0 aliphatic carbocycles. The van der Waals surface area contributed by atoms with E-state index < -0.39 is 11.7 Å². The zero-order chi connectivity index (χ0) is 21.0. The predicted octanol–water partition coefficient (Wildman–Crippen LogP) is 5.47. The number of halogens is 4. The quantitative estimate of drug-likeness (QED) is 0.571. The fraction of sp³-hybridized carbons (Fsp3) is 0.400. The number of aromatic nitrogens is 1. The third kappa shape index (κ3) is 5.32. The number of carbonyl (C=O) groups excluding carboxylic acids is 1. The van der Waals surface area contributed by atoms with Gasteiger partial charge in [-0.25, -0.2) is 4.98 Å². The van der Waals surface area contributed by atoms with Crippen LogP contribution >= 0.6 is 11.6 Å². The second kappa shape index (κ2) is 8.90. The minimum absolute atomic E-state index is 0.0758. The number of esters is 1. The molecule has 1 aliphatic heterocycles. The zero-order valence-corrected chi connectivity index (χ0v) is 16.5. The predicted molar refractivity (Wildman–Crippen MR) is 102 cm³/mol. The Bertz CT molecular complexity index is 859. The number of ether oxygens (including phenoxy) is 2. The van der Waals surface area contributed by atoms with E-state index in [2.05, 4.69) is 9.88 Å². The molecule has 9 heteroatoms. The third-order valence-electron chi connectivity index (χ3n) is 4.60. The van der Waals surface area contributed by atoms with E-state index in [-0.39, 0.29) is 22.9 Å². The number of anilines is 1. The molecule has 0 saturated carbocycles. The van der Waals surface area contributed by atoms with Crippen molar-refractivity contribution in [2.24, 2.45) is 0 Å². The Hall–Kier alpha value is -2.48. The van der Waals surface area contributed by atoms with E-state index in [9.17, 15) is 18.0 Å². The first-order chi connectivity index (χ1) is 13.8. The standard InChI is InChI=1S/C20H20ClF3N2O3/c1-2-28-18(27)11-15-4-3-9-26(15)14-5-7-16(8-6-14)29-19-17(21)10-13(12-25-19)20(22,23)24/h5-8,10,12,15H,2-4,9,11H2,1H3. The van der Waals surface area contributed by atoms with Gasteiger partial charge in [0.15, 0.2) is 0 Å². The zero-order valence-electron chi connectivity index (χ0n) is 15.7. The van der Waals surface area contributed by atoms with Gasteiger partial charge in [-0.2, -0.15) is 13.2 Å². The van der Waals surface area contributed by atoms with Crippen LogP contribution in [0, 0.1) is 0 Å². The molecular formula is C20H20ClF3N2O3. The Morgan fingerprint density at radius 1 is 1.31 bits per heavy atom. The highest BCUT2D eigenvalue weighted by atomic mass is 35.5. The molecule has 0 radical (unpaired) electrons. The van der Waals surface area contributed by atoms with Crippen molar-refractivity contribution in [3.05, 3.63) is 47.1 Å². The first kappa shape index (κ1) is 21.2. The molecule has 156 valence electrons. The topological polar surface area (TPSA) is 51.7 Å². The van der Waals surface area contributed by atoms with Gasteiger partial charge in [0.25, 0.3) is 0 Å². The van der Waals surface area contributed by atoms with E-state index in [0.717, 1.165) is 31.1 Å². The highest BCUT2D eigenvalue weighted by Crippen LogP contribution is 2.35. The maximum Gasteiger partial charge on any atom is 0.417 e. The van der Waals surface area contributed by atoms with Crippen LogP contribution in [-0.2, 0) is 15.7 Å². The van der Waals surface area contributed by atoms with Crippen LogP contribution in [0.2, 0.25) is 5.02 Å². The van der Waals surface area contributed by atoms with Gasteiger partial charge in [0.2, 0.25) is 5.88 Å². The number of hydrogen-bond donors (Lipinski definition) is 0. The molecule has 1 fully saturated rings. The van der Waals surface area contributed by atoms with Crippen molar-refractivity contribution in [1.29, 1.82) is 0 Å². The van der Waals surface area contributed by atoms with Gasteiger partial charge in [-0.1, -0.05) is 11.6 Å². The van der Waals surface area contributed by atoms with Gasteiger partial charge in [0.1, 0.15) is 10.8 Å². The summed E-state index contributed by atoms with van der Waals surface area (Å²) < 4.78 is 48.7. The van der Waals surface area contributed by atoms with Crippen molar-refractivity contribution in [2.45, 2.75) is 38.4 Å². The third-order valence-corrected chi connectivity index (χ3v) is 4.87. The molecule has 1 aromatic heterocycles. The second-order valence-corrected chi connectivity index (χ2v) is 7.01. The Morgan fingerprint density at radius 3 is 2.66 bits per heavy atom. The molecule has 1 atom stereocenters. The van der Waals surface area contributed by atoms with E-state index in [0.29, 0.717) is 25.0 Å². The van der Waals surface area contributed by atoms with Gasteiger partial charge in [-0.3, -0.25) is 4.79 Å². The number of rotatable bonds is 6. The molecule has 1 unspecified atom stereocenters. The van der Waals surface area contributed by atoms with Crippen molar-refractivity contribution < 1.29 is 27.4 Å². The number of nitrogens with zero attached hydrogens (tertiary/aromatic N) is 2. The second-order valence-electron chi connectivity index (χ2n) is 6.60. The van der Waals surface area contributed by atoms with Crippen molar-refractivity contribution in [1.82, 2.24) is 4.98 Å². The normalized spacial score (nSPS) is 16.7. The summed E-state index contributed by atoms with van der Waals surface area (Å²) in [6, 6.07) is 7.89. The monoisotopic (exact) mass is 428 g/mol. The maximum absolute atomic E-state index is 12.7. The highest BCUT2D eigenvalue weighted by Gasteiger charge is 2.32.